The number of aromatic nitrogens is 2. The number of benzene rings is 2. The van der Waals surface area contributed by atoms with E-state index in [1.54, 1.807) is 36.4 Å². The predicted molar refractivity (Wildman–Crippen MR) is 110 cm³/mol. The molecule has 0 aliphatic carbocycles. The highest BCUT2D eigenvalue weighted by Crippen LogP contribution is 2.22. The smallest absolute Gasteiger partial charge is 0.266 e. The number of para-hydroxylation sites is 2. The molecular weight excluding hydrogens is 377 g/mol. The lowest BCUT2D eigenvalue weighted by atomic mass is 10.1. The Morgan fingerprint density at radius 2 is 1.89 bits per heavy atom. The van der Waals surface area contributed by atoms with Crippen molar-refractivity contribution in [3.8, 4) is 5.69 Å². The quantitative estimate of drug-likeness (QED) is 0.485. The molecule has 0 aliphatic rings. The van der Waals surface area contributed by atoms with Crippen molar-refractivity contribution in [2.75, 3.05) is 12.3 Å². The Labute approximate surface area is 167 Å². The molecule has 5 nitrogen and oxygen atoms in total. The van der Waals surface area contributed by atoms with Crippen LogP contribution in [0.15, 0.2) is 58.5 Å². The van der Waals surface area contributed by atoms with Gasteiger partial charge in [-0.15, -0.1) is 0 Å². The molecule has 0 atom stereocenters. The van der Waals surface area contributed by atoms with Crippen LogP contribution < -0.4 is 10.9 Å². The standard InChI is InChI=1S/C21H22FN3O2S/c1-14(2)11-12-23-19(26)13-28-21-24-17-9-5-3-7-15(17)20(27)25(21)18-10-6-4-8-16(18)22/h3-10,14H,11-13H2,1-2H3,(H,23,26). The van der Waals surface area contributed by atoms with Crippen LogP contribution in [0.4, 0.5) is 4.39 Å². The van der Waals surface area contributed by atoms with Gasteiger partial charge in [0, 0.05) is 6.54 Å². The average molecular weight is 399 g/mol. The molecule has 1 N–H and O–H groups in total. The molecule has 1 amide bonds. The van der Waals surface area contributed by atoms with Gasteiger partial charge in [-0.25, -0.2) is 9.37 Å². The fraction of sp³-hybridized carbons (Fsp3) is 0.286. The third-order valence-corrected chi connectivity index (χ3v) is 5.15. The highest BCUT2D eigenvalue weighted by Gasteiger charge is 2.16. The zero-order chi connectivity index (χ0) is 20.1. The lowest BCUT2D eigenvalue weighted by Gasteiger charge is -2.14. The van der Waals surface area contributed by atoms with E-state index in [0.717, 1.165) is 18.2 Å². The van der Waals surface area contributed by atoms with Crippen LogP contribution >= 0.6 is 11.8 Å². The van der Waals surface area contributed by atoms with Gasteiger partial charge in [0.05, 0.1) is 22.3 Å². The summed E-state index contributed by atoms with van der Waals surface area (Å²) in [5.74, 6) is -0.0727. The molecule has 0 fully saturated rings. The minimum Gasteiger partial charge on any atom is -0.355 e. The Balaban J connectivity index is 1.94. The van der Waals surface area contributed by atoms with E-state index >= 15 is 0 Å². The number of rotatable bonds is 7. The van der Waals surface area contributed by atoms with E-state index in [1.807, 2.05) is 0 Å². The number of nitrogens with one attached hydrogen (secondary N) is 1. The van der Waals surface area contributed by atoms with Gasteiger partial charge in [-0.05, 0) is 36.6 Å². The summed E-state index contributed by atoms with van der Waals surface area (Å²) < 4.78 is 15.6. The van der Waals surface area contributed by atoms with Crippen molar-refractivity contribution >= 4 is 28.6 Å². The number of carbonyl (C=O) groups excluding carboxylic acids is 1. The molecule has 1 heterocycles. The average Bonchev–Trinajstić information content (AvgIpc) is 2.67. The van der Waals surface area contributed by atoms with Crippen molar-refractivity contribution in [1.82, 2.24) is 14.9 Å². The number of amides is 1. The zero-order valence-corrected chi connectivity index (χ0v) is 16.6. The van der Waals surface area contributed by atoms with E-state index in [0.29, 0.717) is 23.4 Å². The highest BCUT2D eigenvalue weighted by molar-refractivity contribution is 7.99. The van der Waals surface area contributed by atoms with Crippen LogP contribution in [-0.2, 0) is 4.79 Å². The van der Waals surface area contributed by atoms with Gasteiger partial charge in [0.15, 0.2) is 5.16 Å². The van der Waals surface area contributed by atoms with E-state index in [-0.39, 0.29) is 28.1 Å². The fourth-order valence-electron chi connectivity index (χ4n) is 2.74. The molecule has 146 valence electrons. The minimum absolute atomic E-state index is 0.0946. The van der Waals surface area contributed by atoms with Crippen molar-refractivity contribution < 1.29 is 9.18 Å². The molecule has 3 aromatic rings. The summed E-state index contributed by atoms with van der Waals surface area (Å²) in [6.07, 6.45) is 0.893. The van der Waals surface area contributed by atoms with Gasteiger partial charge >= 0.3 is 0 Å². The molecule has 1 aromatic heterocycles. The number of thioether (sulfide) groups is 1. The summed E-state index contributed by atoms with van der Waals surface area (Å²) in [6, 6.07) is 13.0. The van der Waals surface area contributed by atoms with Crippen molar-refractivity contribution in [1.29, 1.82) is 0 Å². The SMILES string of the molecule is CC(C)CCNC(=O)CSc1nc2ccccc2c(=O)n1-c1ccccc1F. The van der Waals surface area contributed by atoms with Gasteiger partial charge in [0.1, 0.15) is 5.82 Å². The molecule has 0 saturated carbocycles. The third-order valence-electron chi connectivity index (χ3n) is 4.21. The van der Waals surface area contributed by atoms with Crippen LogP contribution in [0.1, 0.15) is 20.3 Å². The molecule has 0 spiro atoms. The Kier molecular flexibility index (Phi) is 6.46. The van der Waals surface area contributed by atoms with Crippen molar-refractivity contribution in [2.45, 2.75) is 25.4 Å². The van der Waals surface area contributed by atoms with E-state index in [2.05, 4.69) is 24.1 Å². The molecular formula is C21H22FN3O2S. The summed E-state index contributed by atoms with van der Waals surface area (Å²) in [7, 11) is 0. The number of nitrogens with zero attached hydrogens (tertiary/aromatic N) is 2. The van der Waals surface area contributed by atoms with Crippen LogP contribution in [0, 0.1) is 11.7 Å². The maximum absolute atomic E-state index is 14.4. The van der Waals surface area contributed by atoms with Crippen molar-refractivity contribution in [2.24, 2.45) is 5.92 Å². The first kappa shape index (κ1) is 20.1. The summed E-state index contributed by atoms with van der Waals surface area (Å²) in [5, 5.41) is 3.54. The van der Waals surface area contributed by atoms with E-state index in [4.69, 9.17) is 0 Å². The molecule has 28 heavy (non-hydrogen) atoms. The van der Waals surface area contributed by atoms with Gasteiger partial charge in [0.2, 0.25) is 5.91 Å². The number of hydrogen-bond acceptors (Lipinski definition) is 4. The third kappa shape index (κ3) is 4.59. The Hall–Kier alpha value is -2.67. The monoisotopic (exact) mass is 399 g/mol. The molecule has 2 aromatic carbocycles. The summed E-state index contributed by atoms with van der Waals surface area (Å²) in [5.41, 5.74) is 0.273. The van der Waals surface area contributed by atoms with Crippen LogP contribution in [0.25, 0.3) is 16.6 Å². The Morgan fingerprint density at radius 1 is 1.18 bits per heavy atom. The normalized spacial score (nSPS) is 11.1. The molecule has 0 radical (unpaired) electrons. The number of carbonyl (C=O) groups is 1. The topological polar surface area (TPSA) is 64.0 Å². The molecule has 7 heteroatoms. The van der Waals surface area contributed by atoms with Crippen molar-refractivity contribution in [3.05, 3.63) is 64.7 Å². The lowest BCUT2D eigenvalue weighted by Crippen LogP contribution is -2.28. The molecule has 0 unspecified atom stereocenters. The maximum Gasteiger partial charge on any atom is 0.266 e. The first-order valence-electron chi connectivity index (χ1n) is 9.13. The second-order valence-corrected chi connectivity index (χ2v) is 7.77. The first-order chi connectivity index (χ1) is 13.5. The lowest BCUT2D eigenvalue weighted by molar-refractivity contribution is -0.118. The number of hydrogen-bond donors (Lipinski definition) is 1. The van der Waals surface area contributed by atoms with E-state index in [9.17, 15) is 14.0 Å². The van der Waals surface area contributed by atoms with Crippen molar-refractivity contribution in [3.63, 3.8) is 0 Å². The number of halogens is 1. The van der Waals surface area contributed by atoms with E-state index in [1.165, 1.54) is 16.7 Å². The van der Waals surface area contributed by atoms with Crippen LogP contribution in [0.5, 0.6) is 0 Å². The van der Waals surface area contributed by atoms with E-state index < -0.39 is 5.82 Å². The molecule has 3 rings (SSSR count). The summed E-state index contributed by atoms with van der Waals surface area (Å²) >= 11 is 1.12. The summed E-state index contributed by atoms with van der Waals surface area (Å²) in [6.45, 7) is 4.78. The molecule has 0 saturated heterocycles. The molecule has 0 bridgehead atoms. The predicted octanol–water partition coefficient (Wildman–Crippen LogP) is 3.78. The van der Waals surface area contributed by atoms with Crippen LogP contribution in [-0.4, -0.2) is 27.8 Å². The Bertz CT molecular complexity index is 1050. The van der Waals surface area contributed by atoms with Gasteiger partial charge in [0.25, 0.3) is 5.56 Å². The number of fused-ring (bicyclic) bond motifs is 1. The van der Waals surface area contributed by atoms with Gasteiger partial charge < -0.3 is 5.32 Å². The van der Waals surface area contributed by atoms with Gasteiger partial charge in [-0.2, -0.15) is 0 Å². The van der Waals surface area contributed by atoms with Gasteiger partial charge in [-0.3, -0.25) is 14.2 Å². The van der Waals surface area contributed by atoms with Gasteiger partial charge in [-0.1, -0.05) is 49.9 Å². The second kappa shape index (κ2) is 9.01. The minimum atomic E-state index is -0.523. The fourth-order valence-corrected chi connectivity index (χ4v) is 3.57. The summed E-state index contributed by atoms with van der Waals surface area (Å²) in [4.78, 5) is 29.7. The highest BCUT2D eigenvalue weighted by atomic mass is 32.2. The largest absolute Gasteiger partial charge is 0.355 e. The molecule has 0 aliphatic heterocycles. The second-order valence-electron chi connectivity index (χ2n) is 6.82. The van der Waals surface area contributed by atoms with Crippen LogP contribution in [0.3, 0.4) is 0 Å². The maximum atomic E-state index is 14.4. The van der Waals surface area contributed by atoms with Crippen LogP contribution in [0.2, 0.25) is 0 Å². The zero-order valence-electron chi connectivity index (χ0n) is 15.8. The Morgan fingerprint density at radius 3 is 2.64 bits per heavy atom. The first-order valence-corrected chi connectivity index (χ1v) is 10.1.